The van der Waals surface area contributed by atoms with Crippen LogP contribution in [0, 0.1) is 13.8 Å². The van der Waals surface area contributed by atoms with Gasteiger partial charge in [0.2, 0.25) is 10.0 Å². The van der Waals surface area contributed by atoms with Gasteiger partial charge in [0.25, 0.3) is 0 Å². The maximum Gasteiger partial charge on any atom is 0.213 e. The van der Waals surface area contributed by atoms with E-state index in [-0.39, 0.29) is 17.5 Å². The summed E-state index contributed by atoms with van der Waals surface area (Å²) in [6.07, 6.45) is 3.31. The highest BCUT2D eigenvalue weighted by molar-refractivity contribution is 7.90. The first kappa shape index (κ1) is 25.0. The van der Waals surface area contributed by atoms with E-state index in [1.807, 2.05) is 0 Å². The number of rotatable bonds is 10. The molecule has 2 rings (SSSR count). The Kier molecular flexibility index (Phi) is 9.00. The molecule has 1 heterocycles. The van der Waals surface area contributed by atoms with E-state index in [0.717, 1.165) is 32.4 Å². The van der Waals surface area contributed by atoms with Crippen molar-refractivity contribution < 1.29 is 13.2 Å². The van der Waals surface area contributed by atoms with Crippen LogP contribution >= 0.6 is 0 Å². The molecule has 0 radical (unpaired) electrons. The fraction of sp³-hybridized carbons (Fsp3) is 0.739. The Morgan fingerprint density at radius 3 is 2.40 bits per heavy atom. The summed E-state index contributed by atoms with van der Waals surface area (Å²) in [5.74, 6) is 0. The molecule has 30 heavy (non-hydrogen) atoms. The largest absolute Gasteiger partial charge is 0.385 e. The van der Waals surface area contributed by atoms with Crippen molar-refractivity contribution in [3.05, 3.63) is 23.3 Å². The zero-order valence-electron chi connectivity index (χ0n) is 19.8. The molecule has 1 fully saturated rings. The van der Waals surface area contributed by atoms with E-state index >= 15 is 0 Å². The Morgan fingerprint density at radius 1 is 1.07 bits per heavy atom. The first-order valence-electron chi connectivity index (χ1n) is 11.3. The van der Waals surface area contributed by atoms with Gasteiger partial charge in [-0.05, 0) is 84.6 Å². The third kappa shape index (κ3) is 6.59. The van der Waals surface area contributed by atoms with Crippen molar-refractivity contribution in [1.29, 1.82) is 0 Å². The molecule has 6 nitrogen and oxygen atoms in total. The molecule has 172 valence electrons. The molecule has 1 aliphatic rings. The van der Waals surface area contributed by atoms with Gasteiger partial charge in [-0.2, -0.15) is 0 Å². The SMILES string of the molecule is Cc1cc(N2CC(C)OC(C)C2C)c(C)cc1NCCCCCNS(=O)(=O)C(C)C. The minimum absolute atomic E-state index is 0.219. The predicted molar refractivity (Wildman–Crippen MR) is 127 cm³/mol. The summed E-state index contributed by atoms with van der Waals surface area (Å²) in [5.41, 5.74) is 5.00. The first-order chi connectivity index (χ1) is 14.0. The number of nitrogens with one attached hydrogen (secondary N) is 2. The van der Waals surface area contributed by atoms with Crippen molar-refractivity contribution in [1.82, 2.24) is 4.72 Å². The topological polar surface area (TPSA) is 70.7 Å². The van der Waals surface area contributed by atoms with Crippen molar-refractivity contribution in [2.45, 2.75) is 91.2 Å². The van der Waals surface area contributed by atoms with Gasteiger partial charge >= 0.3 is 0 Å². The van der Waals surface area contributed by atoms with Crippen LogP contribution in [0.5, 0.6) is 0 Å². The smallest absolute Gasteiger partial charge is 0.213 e. The first-order valence-corrected chi connectivity index (χ1v) is 12.8. The molecule has 0 aliphatic carbocycles. The van der Waals surface area contributed by atoms with Gasteiger partial charge in [-0.15, -0.1) is 0 Å². The highest BCUT2D eigenvalue weighted by Gasteiger charge is 2.30. The molecule has 0 amide bonds. The van der Waals surface area contributed by atoms with Crippen LogP contribution in [0.2, 0.25) is 0 Å². The third-order valence-electron chi connectivity index (χ3n) is 6.02. The van der Waals surface area contributed by atoms with Crippen LogP contribution in [-0.4, -0.2) is 51.6 Å². The van der Waals surface area contributed by atoms with E-state index in [4.69, 9.17) is 4.74 Å². The predicted octanol–water partition coefficient (Wildman–Crippen LogP) is 4.22. The van der Waals surface area contributed by atoms with Crippen LogP contribution in [0.25, 0.3) is 0 Å². The van der Waals surface area contributed by atoms with E-state index < -0.39 is 10.0 Å². The fourth-order valence-corrected chi connectivity index (χ4v) is 4.63. The van der Waals surface area contributed by atoms with Crippen LogP contribution < -0.4 is 14.9 Å². The van der Waals surface area contributed by atoms with E-state index in [0.29, 0.717) is 12.6 Å². The molecule has 2 N–H and O–H groups in total. The average molecular weight is 440 g/mol. The number of ether oxygens (including phenoxy) is 1. The lowest BCUT2D eigenvalue weighted by molar-refractivity contribution is -0.0258. The molecule has 1 aromatic rings. The highest BCUT2D eigenvalue weighted by Crippen LogP contribution is 2.32. The number of aryl methyl sites for hydroxylation is 2. The molecule has 3 atom stereocenters. The number of hydrogen-bond acceptors (Lipinski definition) is 5. The zero-order chi connectivity index (χ0) is 22.5. The Bertz CT molecular complexity index is 795. The lowest BCUT2D eigenvalue weighted by Crippen LogP contribution is -2.52. The monoisotopic (exact) mass is 439 g/mol. The normalized spacial score (nSPS) is 22.5. The van der Waals surface area contributed by atoms with E-state index in [2.05, 4.69) is 61.7 Å². The number of anilines is 2. The van der Waals surface area contributed by atoms with Crippen molar-refractivity contribution in [3.8, 4) is 0 Å². The molecule has 1 aliphatic heterocycles. The van der Waals surface area contributed by atoms with Gasteiger partial charge in [0.1, 0.15) is 0 Å². The van der Waals surface area contributed by atoms with Gasteiger partial charge in [0.05, 0.1) is 23.5 Å². The highest BCUT2D eigenvalue weighted by atomic mass is 32.2. The molecular formula is C23H41N3O3S. The summed E-state index contributed by atoms with van der Waals surface area (Å²) >= 11 is 0. The van der Waals surface area contributed by atoms with Gasteiger partial charge in [-0.25, -0.2) is 13.1 Å². The number of unbranched alkanes of at least 4 members (excludes halogenated alkanes) is 2. The second kappa shape index (κ2) is 10.8. The van der Waals surface area contributed by atoms with E-state index in [1.54, 1.807) is 13.8 Å². The minimum Gasteiger partial charge on any atom is -0.385 e. The number of benzene rings is 1. The Balaban J connectivity index is 1.85. The Morgan fingerprint density at radius 2 is 1.73 bits per heavy atom. The van der Waals surface area contributed by atoms with Gasteiger partial charge < -0.3 is 15.0 Å². The third-order valence-corrected chi connectivity index (χ3v) is 7.86. The summed E-state index contributed by atoms with van der Waals surface area (Å²) < 4.78 is 32.1. The van der Waals surface area contributed by atoms with Gasteiger partial charge in [-0.3, -0.25) is 0 Å². The zero-order valence-corrected chi connectivity index (χ0v) is 20.6. The van der Waals surface area contributed by atoms with Crippen LogP contribution in [0.3, 0.4) is 0 Å². The van der Waals surface area contributed by atoms with Crippen LogP contribution in [0.1, 0.15) is 65.0 Å². The summed E-state index contributed by atoms with van der Waals surface area (Å²) in [5, 5.41) is 3.18. The van der Waals surface area contributed by atoms with Gasteiger partial charge in [0, 0.05) is 31.0 Å². The van der Waals surface area contributed by atoms with E-state index in [1.165, 1.54) is 22.5 Å². The van der Waals surface area contributed by atoms with Crippen molar-refractivity contribution in [2.75, 3.05) is 29.9 Å². The molecule has 1 saturated heterocycles. The van der Waals surface area contributed by atoms with Crippen molar-refractivity contribution in [2.24, 2.45) is 0 Å². The van der Waals surface area contributed by atoms with Crippen LogP contribution in [0.4, 0.5) is 11.4 Å². The molecule has 3 unspecified atom stereocenters. The average Bonchev–Trinajstić information content (AvgIpc) is 2.66. The number of hydrogen-bond donors (Lipinski definition) is 2. The molecular weight excluding hydrogens is 398 g/mol. The maximum absolute atomic E-state index is 11.7. The quantitative estimate of drug-likeness (QED) is 0.534. The Labute approximate surface area is 183 Å². The molecule has 7 heteroatoms. The Hall–Kier alpha value is -1.31. The number of nitrogens with zero attached hydrogens (tertiary/aromatic N) is 1. The number of sulfonamides is 1. The van der Waals surface area contributed by atoms with Crippen molar-refractivity contribution >= 4 is 21.4 Å². The maximum atomic E-state index is 11.7. The molecule has 0 spiro atoms. The summed E-state index contributed by atoms with van der Waals surface area (Å²) in [6.45, 7) is 16.6. The van der Waals surface area contributed by atoms with E-state index in [9.17, 15) is 8.42 Å². The molecule has 0 aromatic heterocycles. The van der Waals surface area contributed by atoms with Gasteiger partial charge in [0.15, 0.2) is 0 Å². The van der Waals surface area contributed by atoms with Crippen LogP contribution in [-0.2, 0) is 14.8 Å². The molecule has 1 aromatic carbocycles. The summed E-state index contributed by atoms with van der Waals surface area (Å²) in [7, 11) is -3.15. The molecule has 0 bridgehead atoms. The summed E-state index contributed by atoms with van der Waals surface area (Å²) in [4.78, 5) is 2.48. The standard InChI is InChI=1S/C23H41N3O3S/c1-16(2)30(27,28)25-12-10-8-9-11-24-22-13-18(4)23(14-17(22)3)26-15-19(5)29-21(7)20(26)6/h13-14,16,19-21,24-25H,8-12,15H2,1-7H3. The van der Waals surface area contributed by atoms with Crippen molar-refractivity contribution in [3.63, 3.8) is 0 Å². The minimum atomic E-state index is -3.15. The van der Waals surface area contributed by atoms with Crippen LogP contribution in [0.15, 0.2) is 12.1 Å². The second-order valence-electron chi connectivity index (χ2n) is 8.97. The fourth-order valence-electron chi connectivity index (χ4n) is 3.87. The number of morpholine rings is 1. The summed E-state index contributed by atoms with van der Waals surface area (Å²) in [6, 6.07) is 4.89. The lowest BCUT2D eigenvalue weighted by atomic mass is 10.0. The second-order valence-corrected chi connectivity index (χ2v) is 11.3. The lowest BCUT2D eigenvalue weighted by Gasteiger charge is -2.43. The van der Waals surface area contributed by atoms with Gasteiger partial charge in [-0.1, -0.05) is 6.42 Å². The molecule has 0 saturated carbocycles.